The van der Waals surface area contributed by atoms with Gasteiger partial charge in [0.25, 0.3) is 0 Å². The van der Waals surface area contributed by atoms with Crippen LogP contribution in [-0.2, 0) is 0 Å². The third-order valence-electron chi connectivity index (χ3n) is 5.59. The first-order valence-electron chi connectivity index (χ1n) is 7.23. The van der Waals surface area contributed by atoms with Crippen molar-refractivity contribution in [3.8, 4) is 0 Å². The quantitative estimate of drug-likeness (QED) is 0.721. The Balaban J connectivity index is 0.000000162. The Bertz CT molecular complexity index is 232. The fourth-order valence-electron chi connectivity index (χ4n) is 4.59. The van der Waals surface area contributed by atoms with Gasteiger partial charge in [-0.15, -0.1) is 24.8 Å². The van der Waals surface area contributed by atoms with E-state index >= 15 is 0 Å². The molecule has 4 aliphatic rings. The highest BCUT2D eigenvalue weighted by Crippen LogP contribution is 2.43. The van der Waals surface area contributed by atoms with Crippen molar-refractivity contribution in [2.75, 3.05) is 0 Å². The Labute approximate surface area is 123 Å². The van der Waals surface area contributed by atoms with E-state index in [1.54, 1.807) is 0 Å². The van der Waals surface area contributed by atoms with E-state index in [9.17, 15) is 0 Å². The van der Waals surface area contributed by atoms with E-state index in [0.29, 0.717) is 12.1 Å². The molecule has 108 valence electrons. The van der Waals surface area contributed by atoms with Crippen molar-refractivity contribution >= 4 is 24.8 Å². The lowest BCUT2D eigenvalue weighted by Crippen LogP contribution is -2.26. The van der Waals surface area contributed by atoms with Gasteiger partial charge in [-0.2, -0.15) is 0 Å². The molecule has 6 atom stereocenters. The van der Waals surface area contributed by atoms with Crippen molar-refractivity contribution in [1.29, 1.82) is 0 Å². The van der Waals surface area contributed by atoms with E-state index < -0.39 is 0 Å². The lowest BCUT2D eigenvalue weighted by atomic mass is 9.96. The van der Waals surface area contributed by atoms with Gasteiger partial charge in [-0.25, -0.2) is 0 Å². The highest BCUT2D eigenvalue weighted by molar-refractivity contribution is 5.85. The van der Waals surface area contributed by atoms with Crippen LogP contribution in [0.4, 0.5) is 0 Å². The fraction of sp³-hybridized carbons (Fsp3) is 1.00. The molecule has 0 saturated heterocycles. The van der Waals surface area contributed by atoms with Gasteiger partial charge in [0.2, 0.25) is 0 Å². The Morgan fingerprint density at radius 1 is 0.556 bits per heavy atom. The number of nitrogens with two attached hydrogens (primary N) is 2. The van der Waals surface area contributed by atoms with Crippen LogP contribution in [0.5, 0.6) is 0 Å². The summed E-state index contributed by atoms with van der Waals surface area (Å²) < 4.78 is 0. The van der Waals surface area contributed by atoms with E-state index in [0.717, 1.165) is 23.7 Å². The maximum absolute atomic E-state index is 5.82. The first kappa shape index (κ1) is 16.6. The largest absolute Gasteiger partial charge is 0.327 e. The molecule has 4 rings (SSSR count). The number of halogens is 2. The van der Waals surface area contributed by atoms with Gasteiger partial charge in [0.1, 0.15) is 0 Å². The van der Waals surface area contributed by atoms with Crippen LogP contribution in [-0.4, -0.2) is 12.1 Å². The monoisotopic (exact) mass is 294 g/mol. The summed E-state index contributed by atoms with van der Waals surface area (Å²) in [5, 5.41) is 0. The molecule has 4 saturated carbocycles. The highest BCUT2D eigenvalue weighted by atomic mass is 35.5. The van der Waals surface area contributed by atoms with E-state index in [2.05, 4.69) is 0 Å². The van der Waals surface area contributed by atoms with Crippen LogP contribution in [0.15, 0.2) is 0 Å². The molecular formula is C14H28Cl2N2. The summed E-state index contributed by atoms with van der Waals surface area (Å²) in [6.45, 7) is 0. The number of hydrogen-bond acceptors (Lipinski definition) is 2. The topological polar surface area (TPSA) is 52.0 Å². The van der Waals surface area contributed by atoms with Gasteiger partial charge in [0.15, 0.2) is 0 Å². The first-order chi connectivity index (χ1) is 7.72. The number of hydrogen-bond donors (Lipinski definition) is 2. The van der Waals surface area contributed by atoms with Crippen LogP contribution in [0.1, 0.15) is 51.4 Å². The Morgan fingerprint density at radius 2 is 0.944 bits per heavy atom. The molecule has 4 fully saturated rings. The molecule has 4 heteroatoms. The van der Waals surface area contributed by atoms with E-state index in [-0.39, 0.29) is 24.8 Å². The lowest BCUT2D eigenvalue weighted by molar-refractivity contribution is 0.418. The Hall–Kier alpha value is 0.500. The second-order valence-corrected chi connectivity index (χ2v) is 6.68. The molecule has 0 unspecified atom stereocenters. The summed E-state index contributed by atoms with van der Waals surface area (Å²) in [4.78, 5) is 0. The van der Waals surface area contributed by atoms with Gasteiger partial charge in [-0.05, 0) is 62.2 Å². The first-order valence-corrected chi connectivity index (χ1v) is 7.23. The molecular weight excluding hydrogens is 267 g/mol. The molecule has 0 spiro atoms. The average Bonchev–Trinajstić information content (AvgIpc) is 2.94. The van der Waals surface area contributed by atoms with Gasteiger partial charge in [-0.3, -0.25) is 0 Å². The van der Waals surface area contributed by atoms with Crippen molar-refractivity contribution in [1.82, 2.24) is 0 Å². The van der Waals surface area contributed by atoms with Crippen molar-refractivity contribution < 1.29 is 0 Å². The van der Waals surface area contributed by atoms with Gasteiger partial charge >= 0.3 is 0 Å². The summed E-state index contributed by atoms with van der Waals surface area (Å²) >= 11 is 0. The summed E-state index contributed by atoms with van der Waals surface area (Å²) in [5.74, 6) is 3.88. The third-order valence-corrected chi connectivity index (χ3v) is 5.59. The maximum Gasteiger partial charge on any atom is 0.00699 e. The van der Waals surface area contributed by atoms with Crippen LogP contribution in [0, 0.1) is 23.7 Å². The van der Waals surface area contributed by atoms with Crippen molar-refractivity contribution in [3.05, 3.63) is 0 Å². The second kappa shape index (κ2) is 6.78. The number of fused-ring (bicyclic) bond motifs is 4. The highest BCUT2D eigenvalue weighted by Gasteiger charge is 2.37. The molecule has 0 aromatic heterocycles. The van der Waals surface area contributed by atoms with Crippen molar-refractivity contribution in [2.45, 2.75) is 63.5 Å². The van der Waals surface area contributed by atoms with Gasteiger partial charge in [0, 0.05) is 12.1 Å². The predicted octanol–water partition coefficient (Wildman–Crippen LogP) is 3.11. The van der Waals surface area contributed by atoms with Crippen LogP contribution >= 0.6 is 24.8 Å². The molecule has 0 aromatic carbocycles. The van der Waals surface area contributed by atoms with E-state index in [1.165, 1.54) is 51.4 Å². The fourth-order valence-corrected chi connectivity index (χ4v) is 4.59. The molecule has 0 heterocycles. The summed E-state index contributed by atoms with van der Waals surface area (Å²) in [6.07, 6.45) is 11.3. The zero-order chi connectivity index (χ0) is 11.1. The minimum atomic E-state index is 0. The van der Waals surface area contributed by atoms with Gasteiger partial charge in [-0.1, -0.05) is 12.8 Å². The van der Waals surface area contributed by atoms with Crippen LogP contribution in [0.2, 0.25) is 0 Å². The molecule has 4 bridgehead atoms. The van der Waals surface area contributed by atoms with Crippen LogP contribution in [0.3, 0.4) is 0 Å². The van der Waals surface area contributed by atoms with E-state index in [4.69, 9.17) is 11.5 Å². The molecule has 18 heavy (non-hydrogen) atoms. The zero-order valence-electron chi connectivity index (χ0n) is 11.1. The predicted molar refractivity (Wildman–Crippen MR) is 81.3 cm³/mol. The molecule has 4 aliphatic carbocycles. The average molecular weight is 295 g/mol. The van der Waals surface area contributed by atoms with Crippen molar-refractivity contribution in [3.63, 3.8) is 0 Å². The summed E-state index contributed by atoms with van der Waals surface area (Å²) in [6, 6.07) is 1.16. The summed E-state index contributed by atoms with van der Waals surface area (Å²) in [7, 11) is 0. The normalized spacial score (nSPS) is 47.0. The van der Waals surface area contributed by atoms with Gasteiger partial charge < -0.3 is 11.5 Å². The molecule has 4 N–H and O–H groups in total. The minimum Gasteiger partial charge on any atom is -0.327 e. The minimum absolute atomic E-state index is 0. The Morgan fingerprint density at radius 3 is 1.06 bits per heavy atom. The molecule has 2 nitrogen and oxygen atoms in total. The third kappa shape index (κ3) is 3.33. The molecule has 0 radical (unpaired) electrons. The molecule has 0 aromatic rings. The Kier molecular flexibility index (Phi) is 6.24. The van der Waals surface area contributed by atoms with Crippen LogP contribution < -0.4 is 11.5 Å². The number of rotatable bonds is 0. The molecule has 0 aliphatic heterocycles. The van der Waals surface area contributed by atoms with E-state index in [1.807, 2.05) is 0 Å². The zero-order valence-corrected chi connectivity index (χ0v) is 12.7. The SMILES string of the molecule is Cl.Cl.N[C@@H]1C[C@H]2CC[C@@H]1C2.N[C@H]1C[C@@H]2CC[C@H]1C2. The standard InChI is InChI=1S/2C7H13N.2ClH/c2*8-7-4-5-1-2-6(7)3-5;;/h2*5-7H,1-4,8H2;2*1H/t2*5-,6+,7+;;/m10../s1. The summed E-state index contributed by atoms with van der Waals surface area (Å²) in [5.41, 5.74) is 11.6. The van der Waals surface area contributed by atoms with Gasteiger partial charge in [0.05, 0.1) is 0 Å². The van der Waals surface area contributed by atoms with Crippen LogP contribution in [0.25, 0.3) is 0 Å². The smallest absolute Gasteiger partial charge is 0.00699 e. The second-order valence-electron chi connectivity index (χ2n) is 6.68. The van der Waals surface area contributed by atoms with Crippen molar-refractivity contribution in [2.24, 2.45) is 35.1 Å². The lowest BCUT2D eigenvalue weighted by Gasteiger charge is -2.15. The maximum atomic E-state index is 5.82. The molecule has 0 amide bonds.